The van der Waals surface area contributed by atoms with Crippen molar-refractivity contribution in [1.82, 2.24) is 14.8 Å². The lowest BCUT2D eigenvalue weighted by Gasteiger charge is -2.25. The summed E-state index contributed by atoms with van der Waals surface area (Å²) in [7, 11) is 3.93. The molecule has 8 heteroatoms. The van der Waals surface area contributed by atoms with Gasteiger partial charge in [-0.25, -0.2) is 0 Å². The zero-order valence-corrected chi connectivity index (χ0v) is 19.2. The minimum atomic E-state index is -0.702. The Hall–Kier alpha value is -3.78. The summed E-state index contributed by atoms with van der Waals surface area (Å²) in [4.78, 5) is 33.3. The van der Waals surface area contributed by atoms with Crippen molar-refractivity contribution in [3.05, 3.63) is 65.4 Å². The van der Waals surface area contributed by atoms with Gasteiger partial charge in [-0.1, -0.05) is 18.2 Å². The smallest absolute Gasteiger partial charge is 0.295 e. The Bertz CT molecular complexity index is 1290. The van der Waals surface area contributed by atoms with E-state index in [1.807, 2.05) is 49.5 Å². The number of para-hydroxylation sites is 1. The SMILES string of the molecule is CN(C)CCCN1C(=O)C(=O)/C(=C(/O)c2ccc3c(c2)OCCO3)C1c1c[nH]c2ccccc12. The number of hydrogen-bond acceptors (Lipinski definition) is 6. The van der Waals surface area contributed by atoms with E-state index in [9.17, 15) is 14.7 Å². The van der Waals surface area contributed by atoms with Gasteiger partial charge < -0.3 is 29.4 Å². The molecular weight excluding hydrogens is 434 g/mol. The van der Waals surface area contributed by atoms with E-state index < -0.39 is 17.7 Å². The van der Waals surface area contributed by atoms with Crippen LogP contribution in [0.15, 0.2) is 54.2 Å². The lowest BCUT2D eigenvalue weighted by molar-refractivity contribution is -0.139. The summed E-state index contributed by atoms with van der Waals surface area (Å²) in [6.45, 7) is 2.02. The van der Waals surface area contributed by atoms with Crippen molar-refractivity contribution in [2.75, 3.05) is 40.4 Å². The quantitative estimate of drug-likeness (QED) is 0.332. The topological polar surface area (TPSA) is 95.1 Å². The van der Waals surface area contributed by atoms with Gasteiger partial charge in [0.1, 0.15) is 19.0 Å². The van der Waals surface area contributed by atoms with Crippen molar-refractivity contribution < 1.29 is 24.2 Å². The molecule has 2 aromatic carbocycles. The minimum Gasteiger partial charge on any atom is -0.507 e. The molecular formula is C26H27N3O5. The molecule has 1 atom stereocenters. The fourth-order valence-electron chi connectivity index (χ4n) is 4.66. The Kier molecular flexibility index (Phi) is 5.75. The second-order valence-electron chi connectivity index (χ2n) is 8.80. The number of aliphatic hydroxyl groups is 1. The minimum absolute atomic E-state index is 0.0799. The number of fused-ring (bicyclic) bond motifs is 2. The molecule has 2 N–H and O–H groups in total. The molecule has 5 rings (SSSR count). The summed E-state index contributed by atoms with van der Waals surface area (Å²) in [5, 5.41) is 12.3. The number of benzene rings is 2. The van der Waals surface area contributed by atoms with Crippen molar-refractivity contribution in [2.24, 2.45) is 0 Å². The molecule has 3 heterocycles. The number of carbonyl (C=O) groups excluding carboxylic acids is 2. The molecule has 0 spiro atoms. The number of likely N-dealkylation sites (tertiary alicyclic amines) is 1. The third-order valence-electron chi connectivity index (χ3n) is 6.28. The third kappa shape index (κ3) is 3.80. The molecule has 0 bridgehead atoms. The summed E-state index contributed by atoms with van der Waals surface area (Å²) in [5.74, 6) is -0.430. The molecule has 1 unspecified atom stereocenters. The third-order valence-corrected chi connectivity index (χ3v) is 6.28. The van der Waals surface area contributed by atoms with Crippen molar-refractivity contribution in [1.29, 1.82) is 0 Å². The van der Waals surface area contributed by atoms with Crippen LogP contribution in [0.4, 0.5) is 0 Å². The predicted octanol–water partition coefficient (Wildman–Crippen LogP) is 3.31. The van der Waals surface area contributed by atoms with Crippen LogP contribution in [0.5, 0.6) is 11.5 Å². The molecule has 8 nitrogen and oxygen atoms in total. The Balaban J connectivity index is 1.63. The number of aliphatic hydroxyl groups excluding tert-OH is 1. The molecule has 2 aliphatic rings. The van der Waals surface area contributed by atoms with Crippen LogP contribution >= 0.6 is 0 Å². The fraction of sp³-hybridized carbons (Fsp3) is 0.308. The number of ketones is 1. The number of aromatic nitrogens is 1. The van der Waals surface area contributed by atoms with E-state index in [0.29, 0.717) is 43.2 Å². The number of ether oxygens (including phenoxy) is 2. The molecule has 176 valence electrons. The summed E-state index contributed by atoms with van der Waals surface area (Å²) in [5.41, 5.74) is 2.16. The number of H-pyrrole nitrogens is 1. The normalized spacial score (nSPS) is 19.4. The second kappa shape index (κ2) is 8.87. The van der Waals surface area contributed by atoms with Crippen molar-refractivity contribution >= 4 is 28.4 Å². The van der Waals surface area contributed by atoms with E-state index in [-0.39, 0.29) is 11.3 Å². The molecule has 0 saturated carbocycles. The number of nitrogens with one attached hydrogen (secondary N) is 1. The fourth-order valence-corrected chi connectivity index (χ4v) is 4.66. The predicted molar refractivity (Wildman–Crippen MR) is 128 cm³/mol. The lowest BCUT2D eigenvalue weighted by atomic mass is 9.94. The zero-order chi connectivity index (χ0) is 23.8. The van der Waals surface area contributed by atoms with Gasteiger partial charge >= 0.3 is 0 Å². The molecule has 3 aromatic rings. The highest BCUT2D eigenvalue weighted by Gasteiger charge is 2.46. The number of rotatable bonds is 6. The van der Waals surface area contributed by atoms with Crippen LogP contribution in [-0.2, 0) is 9.59 Å². The Labute approximate surface area is 197 Å². The van der Waals surface area contributed by atoms with E-state index in [2.05, 4.69) is 4.98 Å². The highest BCUT2D eigenvalue weighted by molar-refractivity contribution is 6.46. The van der Waals surface area contributed by atoms with Gasteiger partial charge in [0.05, 0.1) is 11.6 Å². The summed E-state index contributed by atoms with van der Waals surface area (Å²) >= 11 is 0. The van der Waals surface area contributed by atoms with Gasteiger partial charge in [0.25, 0.3) is 11.7 Å². The van der Waals surface area contributed by atoms with Gasteiger partial charge in [-0.15, -0.1) is 0 Å². The van der Waals surface area contributed by atoms with Gasteiger partial charge in [0.15, 0.2) is 11.5 Å². The first-order chi connectivity index (χ1) is 16.5. The van der Waals surface area contributed by atoms with Crippen LogP contribution in [-0.4, -0.2) is 72.0 Å². The maximum Gasteiger partial charge on any atom is 0.295 e. The zero-order valence-electron chi connectivity index (χ0n) is 19.2. The highest BCUT2D eigenvalue weighted by atomic mass is 16.6. The molecule has 1 fully saturated rings. The average molecular weight is 462 g/mol. The second-order valence-corrected chi connectivity index (χ2v) is 8.80. The van der Waals surface area contributed by atoms with Crippen molar-refractivity contribution in [3.63, 3.8) is 0 Å². The molecule has 1 aromatic heterocycles. The largest absolute Gasteiger partial charge is 0.507 e. The molecule has 34 heavy (non-hydrogen) atoms. The van der Waals surface area contributed by atoms with Crippen molar-refractivity contribution in [3.8, 4) is 11.5 Å². The Morgan fingerprint density at radius 3 is 2.68 bits per heavy atom. The monoisotopic (exact) mass is 461 g/mol. The van der Waals surface area contributed by atoms with E-state index in [1.54, 1.807) is 23.1 Å². The number of Topliss-reactive ketones (excluding diaryl/α,β-unsaturated/α-hetero) is 1. The van der Waals surface area contributed by atoms with Crippen LogP contribution in [0.2, 0.25) is 0 Å². The number of carbonyl (C=O) groups is 2. The molecule has 0 radical (unpaired) electrons. The first kappa shape index (κ1) is 22.0. The molecule has 1 saturated heterocycles. The standard InChI is InChI=1S/C26H27N3O5/c1-28(2)10-5-11-29-23(18-15-27-19-7-4-3-6-17(18)19)22(25(31)26(29)32)24(30)16-8-9-20-21(14-16)34-13-12-33-20/h3-4,6-9,14-15,23,27,30H,5,10-13H2,1-2H3/b24-22+. The Morgan fingerprint density at radius 2 is 1.88 bits per heavy atom. The van der Waals surface area contributed by atoms with Crippen LogP contribution in [0, 0.1) is 0 Å². The molecule has 1 amide bonds. The van der Waals surface area contributed by atoms with Gasteiger partial charge in [-0.05, 0) is 51.3 Å². The van der Waals surface area contributed by atoms with E-state index in [4.69, 9.17) is 9.47 Å². The van der Waals surface area contributed by atoms with E-state index in [1.165, 1.54) is 0 Å². The van der Waals surface area contributed by atoms with Crippen LogP contribution in [0.25, 0.3) is 16.7 Å². The number of nitrogens with zero attached hydrogens (tertiary/aromatic N) is 2. The summed E-state index contributed by atoms with van der Waals surface area (Å²) in [6, 6.07) is 12.1. The maximum atomic E-state index is 13.3. The lowest BCUT2D eigenvalue weighted by Crippen LogP contribution is -2.32. The van der Waals surface area contributed by atoms with Crippen molar-refractivity contribution in [2.45, 2.75) is 12.5 Å². The van der Waals surface area contributed by atoms with Gasteiger partial charge in [-0.2, -0.15) is 0 Å². The van der Waals surface area contributed by atoms with E-state index in [0.717, 1.165) is 23.0 Å². The number of amides is 1. The highest BCUT2D eigenvalue weighted by Crippen LogP contribution is 2.43. The first-order valence-corrected chi connectivity index (χ1v) is 11.3. The van der Waals surface area contributed by atoms with Gasteiger partial charge in [-0.3, -0.25) is 9.59 Å². The van der Waals surface area contributed by atoms with Gasteiger partial charge in [0.2, 0.25) is 0 Å². The maximum absolute atomic E-state index is 13.3. The molecule has 2 aliphatic heterocycles. The average Bonchev–Trinajstić information content (AvgIpc) is 3.37. The number of hydrogen-bond donors (Lipinski definition) is 2. The summed E-state index contributed by atoms with van der Waals surface area (Å²) in [6.07, 6.45) is 2.51. The number of aromatic amines is 1. The van der Waals surface area contributed by atoms with Crippen LogP contribution < -0.4 is 9.47 Å². The van der Waals surface area contributed by atoms with Crippen LogP contribution in [0.3, 0.4) is 0 Å². The summed E-state index contributed by atoms with van der Waals surface area (Å²) < 4.78 is 11.2. The van der Waals surface area contributed by atoms with Crippen LogP contribution in [0.1, 0.15) is 23.6 Å². The molecule has 0 aliphatic carbocycles. The van der Waals surface area contributed by atoms with Gasteiger partial charge in [0, 0.05) is 34.8 Å². The Morgan fingerprint density at radius 1 is 1.12 bits per heavy atom. The first-order valence-electron chi connectivity index (χ1n) is 11.3. The van der Waals surface area contributed by atoms with E-state index >= 15 is 0 Å².